The Labute approximate surface area is 96.8 Å². The number of amides is 2. The third kappa shape index (κ3) is 4.28. The number of nitrogens with one attached hydrogen (secondary N) is 2. The first-order chi connectivity index (χ1) is 7.59. The summed E-state index contributed by atoms with van der Waals surface area (Å²) in [5, 5.41) is 14.1. The van der Waals surface area contributed by atoms with E-state index < -0.39 is 5.97 Å². The first-order valence-electron chi connectivity index (χ1n) is 4.59. The molecule has 0 aliphatic heterocycles. The van der Waals surface area contributed by atoms with E-state index in [2.05, 4.69) is 10.7 Å². The topological polar surface area (TPSA) is 81.7 Å². The van der Waals surface area contributed by atoms with Gasteiger partial charge in [-0.3, -0.25) is 9.80 Å². The lowest BCUT2D eigenvalue weighted by atomic mass is 10.5. The summed E-state index contributed by atoms with van der Waals surface area (Å²) in [5.74, 6) is -1.02. The highest BCUT2D eigenvalue weighted by Gasteiger charge is 2.08. The van der Waals surface area contributed by atoms with Gasteiger partial charge < -0.3 is 10.4 Å². The molecule has 3 N–H and O–H groups in total. The van der Waals surface area contributed by atoms with Crippen molar-refractivity contribution in [3.8, 4) is 0 Å². The van der Waals surface area contributed by atoms with Gasteiger partial charge in [-0.05, 0) is 11.4 Å². The van der Waals surface area contributed by atoms with Crippen molar-refractivity contribution < 1.29 is 14.7 Å². The minimum atomic E-state index is -1.02. The van der Waals surface area contributed by atoms with E-state index in [9.17, 15) is 9.59 Å². The molecule has 2 amide bonds. The van der Waals surface area contributed by atoms with Crippen LogP contribution in [0.3, 0.4) is 0 Å². The fraction of sp³-hybridized carbons (Fsp3) is 0.333. The maximum atomic E-state index is 11.4. The molecule has 1 rings (SSSR count). The van der Waals surface area contributed by atoms with Crippen LogP contribution in [0.5, 0.6) is 0 Å². The summed E-state index contributed by atoms with van der Waals surface area (Å²) in [6.07, 6.45) is 0. The third-order valence-electron chi connectivity index (χ3n) is 1.77. The summed E-state index contributed by atoms with van der Waals surface area (Å²) >= 11 is 1.55. The number of carbonyl (C=O) groups is 2. The average Bonchev–Trinajstić information content (AvgIpc) is 2.75. The molecule has 0 saturated heterocycles. The summed E-state index contributed by atoms with van der Waals surface area (Å²) in [7, 11) is 1.46. The Balaban J connectivity index is 2.26. The van der Waals surface area contributed by atoms with Gasteiger partial charge in [-0.25, -0.2) is 10.2 Å². The highest BCUT2D eigenvalue weighted by Crippen LogP contribution is 2.07. The molecular weight excluding hydrogens is 230 g/mol. The number of carbonyl (C=O) groups excluding carboxylic acids is 1. The van der Waals surface area contributed by atoms with Crippen LogP contribution < -0.4 is 10.7 Å². The van der Waals surface area contributed by atoms with E-state index in [1.165, 1.54) is 7.05 Å². The van der Waals surface area contributed by atoms with E-state index in [1.807, 2.05) is 17.5 Å². The van der Waals surface area contributed by atoms with Gasteiger partial charge in [-0.1, -0.05) is 6.07 Å². The van der Waals surface area contributed by atoms with Crippen LogP contribution >= 0.6 is 11.3 Å². The van der Waals surface area contributed by atoms with Crippen LogP contribution in [-0.2, 0) is 11.3 Å². The molecule has 0 unspecified atom stereocenters. The lowest BCUT2D eigenvalue weighted by molar-refractivity contribution is -0.136. The van der Waals surface area contributed by atoms with Crippen molar-refractivity contribution >= 4 is 23.3 Å². The van der Waals surface area contributed by atoms with E-state index in [-0.39, 0.29) is 12.6 Å². The predicted molar refractivity (Wildman–Crippen MR) is 60.0 cm³/mol. The van der Waals surface area contributed by atoms with Gasteiger partial charge in [-0.2, -0.15) is 0 Å². The van der Waals surface area contributed by atoms with E-state index in [1.54, 1.807) is 11.3 Å². The Bertz CT molecular complexity index is 353. The molecule has 0 radical (unpaired) electrons. The van der Waals surface area contributed by atoms with Crippen molar-refractivity contribution in [2.45, 2.75) is 6.54 Å². The summed E-state index contributed by atoms with van der Waals surface area (Å²) in [6, 6.07) is 3.45. The molecule has 0 aromatic carbocycles. The van der Waals surface area contributed by atoms with Gasteiger partial charge in [0.25, 0.3) is 0 Å². The second kappa shape index (κ2) is 6.09. The van der Waals surface area contributed by atoms with Gasteiger partial charge in [-0.15, -0.1) is 11.3 Å². The molecule has 0 fully saturated rings. The van der Waals surface area contributed by atoms with Gasteiger partial charge >= 0.3 is 12.0 Å². The number of thiophene rings is 1. The summed E-state index contributed by atoms with van der Waals surface area (Å²) in [5.41, 5.74) is 2.44. The Kier molecular flexibility index (Phi) is 4.74. The van der Waals surface area contributed by atoms with Gasteiger partial charge in [0.2, 0.25) is 0 Å². The van der Waals surface area contributed by atoms with Crippen molar-refractivity contribution in [3.63, 3.8) is 0 Å². The van der Waals surface area contributed by atoms with Gasteiger partial charge in [0.15, 0.2) is 0 Å². The number of urea groups is 1. The molecule has 0 atom stereocenters. The second-order valence-electron chi connectivity index (χ2n) is 3.03. The quantitative estimate of drug-likeness (QED) is 0.657. The molecule has 1 heterocycles. The summed E-state index contributed by atoms with van der Waals surface area (Å²) in [4.78, 5) is 22.7. The molecule has 0 saturated carbocycles. The number of hydrogen-bond acceptors (Lipinski definition) is 4. The predicted octanol–water partition coefficient (Wildman–Crippen LogP) is 0.479. The maximum absolute atomic E-state index is 11.4. The smallest absolute Gasteiger partial charge is 0.331 e. The Hall–Kier alpha value is -1.60. The lowest BCUT2D eigenvalue weighted by Crippen LogP contribution is -2.47. The first kappa shape index (κ1) is 12.5. The van der Waals surface area contributed by atoms with Crippen molar-refractivity contribution in [1.82, 2.24) is 15.8 Å². The van der Waals surface area contributed by atoms with E-state index in [0.29, 0.717) is 6.54 Å². The number of rotatable bonds is 5. The largest absolute Gasteiger partial charge is 0.480 e. The van der Waals surface area contributed by atoms with E-state index in [4.69, 9.17) is 5.11 Å². The number of nitrogens with zero attached hydrogens (tertiary/aromatic N) is 1. The van der Waals surface area contributed by atoms with Crippen LogP contribution in [-0.4, -0.2) is 35.7 Å². The minimum Gasteiger partial charge on any atom is -0.480 e. The van der Waals surface area contributed by atoms with E-state index >= 15 is 0 Å². The third-order valence-corrected chi connectivity index (χ3v) is 2.64. The fourth-order valence-electron chi connectivity index (χ4n) is 0.952. The van der Waals surface area contributed by atoms with Crippen LogP contribution in [0.4, 0.5) is 4.79 Å². The SMILES string of the molecule is CN(NCC(=O)O)C(=O)NCc1cccs1. The molecular formula is C9H13N3O3S. The van der Waals surface area contributed by atoms with Crippen LogP contribution in [0.1, 0.15) is 4.88 Å². The number of hydrogen-bond donors (Lipinski definition) is 3. The van der Waals surface area contributed by atoms with Crippen molar-refractivity contribution in [2.24, 2.45) is 0 Å². The van der Waals surface area contributed by atoms with E-state index in [0.717, 1.165) is 9.89 Å². The molecule has 0 spiro atoms. The standard InChI is InChI=1S/C9H13N3O3S/c1-12(11-6-8(13)14)9(15)10-5-7-3-2-4-16-7/h2-4,11H,5-6H2,1H3,(H,10,15)(H,13,14). The number of carboxylic acid groups (broad SMARTS) is 1. The van der Waals surface area contributed by atoms with Crippen molar-refractivity contribution in [3.05, 3.63) is 22.4 Å². The van der Waals surface area contributed by atoms with Gasteiger partial charge in [0.05, 0.1) is 6.54 Å². The molecule has 0 aliphatic rings. The average molecular weight is 243 g/mol. The van der Waals surface area contributed by atoms with Crippen LogP contribution in [0.2, 0.25) is 0 Å². The number of hydrazine groups is 1. The zero-order valence-corrected chi connectivity index (χ0v) is 9.58. The Morgan fingerprint density at radius 2 is 2.31 bits per heavy atom. The Morgan fingerprint density at radius 1 is 1.56 bits per heavy atom. The van der Waals surface area contributed by atoms with Crippen molar-refractivity contribution in [1.29, 1.82) is 0 Å². The zero-order chi connectivity index (χ0) is 12.0. The van der Waals surface area contributed by atoms with Crippen LogP contribution in [0.25, 0.3) is 0 Å². The second-order valence-corrected chi connectivity index (χ2v) is 4.06. The highest BCUT2D eigenvalue weighted by atomic mass is 32.1. The molecule has 16 heavy (non-hydrogen) atoms. The fourth-order valence-corrected chi connectivity index (χ4v) is 1.60. The Morgan fingerprint density at radius 3 is 2.88 bits per heavy atom. The normalized spacial score (nSPS) is 9.81. The zero-order valence-electron chi connectivity index (χ0n) is 8.77. The first-order valence-corrected chi connectivity index (χ1v) is 5.47. The molecule has 1 aromatic rings. The minimum absolute atomic E-state index is 0.289. The molecule has 7 heteroatoms. The summed E-state index contributed by atoms with van der Waals surface area (Å²) in [6.45, 7) is 0.151. The summed E-state index contributed by atoms with van der Waals surface area (Å²) < 4.78 is 0. The molecule has 6 nitrogen and oxygen atoms in total. The van der Waals surface area contributed by atoms with Crippen molar-refractivity contribution in [2.75, 3.05) is 13.6 Å². The number of carboxylic acids is 1. The number of aliphatic carboxylic acids is 1. The highest BCUT2D eigenvalue weighted by molar-refractivity contribution is 7.09. The molecule has 0 aliphatic carbocycles. The maximum Gasteiger partial charge on any atom is 0.331 e. The van der Waals surface area contributed by atoms with Crippen LogP contribution in [0, 0.1) is 0 Å². The molecule has 88 valence electrons. The van der Waals surface area contributed by atoms with Gasteiger partial charge in [0, 0.05) is 11.9 Å². The monoisotopic (exact) mass is 243 g/mol. The van der Waals surface area contributed by atoms with Gasteiger partial charge in [0.1, 0.15) is 6.54 Å². The molecule has 1 aromatic heterocycles. The molecule has 0 bridgehead atoms. The van der Waals surface area contributed by atoms with Crippen LogP contribution in [0.15, 0.2) is 17.5 Å². The lowest BCUT2D eigenvalue weighted by Gasteiger charge is -2.17.